The third kappa shape index (κ3) is 3.14. The molecule has 1 aromatic heterocycles. The number of carbonyl (C=O) groups excluding carboxylic acids is 1. The molecule has 5 nitrogen and oxygen atoms in total. The van der Waals surface area contributed by atoms with Crippen LogP contribution in [0.5, 0.6) is 0 Å². The summed E-state index contributed by atoms with van der Waals surface area (Å²) in [4.78, 5) is 13.6. The molecule has 0 spiro atoms. The van der Waals surface area contributed by atoms with E-state index in [1.54, 1.807) is 7.11 Å². The van der Waals surface area contributed by atoms with Crippen LogP contribution >= 0.6 is 0 Å². The molecule has 1 unspecified atom stereocenters. The molecule has 17 heavy (non-hydrogen) atoms. The van der Waals surface area contributed by atoms with Gasteiger partial charge in [-0.05, 0) is 0 Å². The average molecular weight is 238 g/mol. The second kappa shape index (κ2) is 5.42. The first kappa shape index (κ1) is 12.3. The van der Waals surface area contributed by atoms with Crippen molar-refractivity contribution >= 4 is 5.78 Å². The molecule has 2 heterocycles. The Kier molecular flexibility index (Phi) is 3.91. The zero-order chi connectivity index (χ0) is 12.3. The molecule has 0 amide bonds. The van der Waals surface area contributed by atoms with Crippen molar-refractivity contribution in [3.63, 3.8) is 0 Å². The molecule has 1 fully saturated rings. The van der Waals surface area contributed by atoms with Gasteiger partial charge in [0, 0.05) is 45.1 Å². The minimum absolute atomic E-state index is 0.133. The fraction of sp³-hybridized carbons (Fsp3) is 0.667. The van der Waals surface area contributed by atoms with Crippen LogP contribution in [-0.2, 0) is 22.7 Å². The van der Waals surface area contributed by atoms with Crippen LogP contribution in [0.25, 0.3) is 0 Å². The largest absolute Gasteiger partial charge is 0.377 e. The quantitative estimate of drug-likeness (QED) is 0.789. The summed E-state index contributed by atoms with van der Waals surface area (Å²) < 4.78 is 10.1. The van der Waals surface area contributed by atoms with Gasteiger partial charge in [0.25, 0.3) is 0 Å². The van der Waals surface area contributed by atoms with Gasteiger partial charge in [0.15, 0.2) is 5.76 Å². The highest BCUT2D eigenvalue weighted by Crippen LogP contribution is 2.15. The van der Waals surface area contributed by atoms with Crippen LogP contribution in [0.4, 0.5) is 0 Å². The van der Waals surface area contributed by atoms with Gasteiger partial charge in [-0.2, -0.15) is 0 Å². The van der Waals surface area contributed by atoms with Crippen molar-refractivity contribution in [2.24, 2.45) is 5.92 Å². The van der Waals surface area contributed by atoms with Crippen molar-refractivity contribution in [2.75, 3.05) is 20.2 Å². The monoisotopic (exact) mass is 238 g/mol. The van der Waals surface area contributed by atoms with Crippen LogP contribution in [0.3, 0.4) is 0 Å². The zero-order valence-corrected chi connectivity index (χ0v) is 10.3. The summed E-state index contributed by atoms with van der Waals surface area (Å²) >= 11 is 0. The summed E-state index contributed by atoms with van der Waals surface area (Å²) in [5.41, 5.74) is 0.901. The number of ether oxygens (including phenoxy) is 1. The average Bonchev–Trinajstić information content (AvgIpc) is 2.72. The summed E-state index contributed by atoms with van der Waals surface area (Å²) in [7, 11) is 1.63. The predicted octanol–water partition coefficient (Wildman–Crippen LogP) is 1.23. The lowest BCUT2D eigenvalue weighted by Crippen LogP contribution is -2.39. The van der Waals surface area contributed by atoms with Crippen molar-refractivity contribution in [3.05, 3.63) is 17.5 Å². The first-order chi connectivity index (χ1) is 8.19. The topological polar surface area (TPSA) is 55.6 Å². The molecular formula is C12H18N2O3. The number of aromatic nitrogens is 1. The molecule has 0 aliphatic carbocycles. The molecule has 0 aromatic carbocycles. The first-order valence-electron chi connectivity index (χ1n) is 5.87. The Labute approximate surface area is 101 Å². The third-order valence-corrected chi connectivity index (χ3v) is 3.04. The van der Waals surface area contributed by atoms with Crippen molar-refractivity contribution in [2.45, 2.75) is 26.5 Å². The van der Waals surface area contributed by atoms with Crippen molar-refractivity contribution in [1.82, 2.24) is 10.1 Å². The summed E-state index contributed by atoms with van der Waals surface area (Å²) in [6.07, 6.45) is 0.643. The summed E-state index contributed by atoms with van der Waals surface area (Å²) in [6, 6.07) is 1.91. The number of ketones is 1. The molecule has 1 saturated heterocycles. The predicted molar refractivity (Wildman–Crippen MR) is 61.3 cm³/mol. The van der Waals surface area contributed by atoms with E-state index < -0.39 is 0 Å². The lowest BCUT2D eigenvalue weighted by Gasteiger charge is -2.28. The number of piperidine rings is 1. The van der Waals surface area contributed by atoms with Crippen LogP contribution in [0, 0.1) is 5.92 Å². The van der Waals surface area contributed by atoms with Gasteiger partial charge >= 0.3 is 0 Å². The van der Waals surface area contributed by atoms with Crippen molar-refractivity contribution < 1.29 is 14.1 Å². The van der Waals surface area contributed by atoms with E-state index in [0.29, 0.717) is 18.8 Å². The van der Waals surface area contributed by atoms with Gasteiger partial charge in [0.1, 0.15) is 12.4 Å². The van der Waals surface area contributed by atoms with Gasteiger partial charge < -0.3 is 9.26 Å². The van der Waals surface area contributed by atoms with E-state index in [9.17, 15) is 4.79 Å². The van der Waals surface area contributed by atoms with Crippen molar-refractivity contribution in [3.8, 4) is 0 Å². The molecular weight excluding hydrogens is 220 g/mol. The molecule has 5 heteroatoms. The van der Waals surface area contributed by atoms with Crippen LogP contribution < -0.4 is 0 Å². The number of methoxy groups -OCH3 is 1. The summed E-state index contributed by atoms with van der Waals surface area (Å²) in [5.74, 6) is 1.24. The SMILES string of the molecule is COCc1cc(CN2CCC(=O)C(C)C2)no1. The Balaban J connectivity index is 1.89. The highest BCUT2D eigenvalue weighted by atomic mass is 16.5. The Morgan fingerprint density at radius 3 is 3.18 bits per heavy atom. The maximum Gasteiger partial charge on any atom is 0.162 e. The van der Waals surface area contributed by atoms with Gasteiger partial charge in [-0.15, -0.1) is 0 Å². The number of likely N-dealkylation sites (tertiary alicyclic amines) is 1. The Hall–Kier alpha value is -1.20. The molecule has 1 aromatic rings. The van der Waals surface area contributed by atoms with E-state index in [4.69, 9.17) is 9.26 Å². The molecule has 1 atom stereocenters. The van der Waals surface area contributed by atoms with Crippen LogP contribution in [0.1, 0.15) is 24.8 Å². The smallest absolute Gasteiger partial charge is 0.162 e. The maximum atomic E-state index is 11.4. The van der Waals surface area contributed by atoms with Gasteiger partial charge in [0.05, 0.1) is 5.69 Å². The standard InChI is InChI=1S/C12H18N2O3/c1-9-6-14(4-3-12(9)15)7-10-5-11(8-16-2)17-13-10/h5,9H,3-4,6-8H2,1-2H3. The number of rotatable bonds is 4. The Morgan fingerprint density at radius 2 is 2.47 bits per heavy atom. The second-order valence-electron chi connectivity index (χ2n) is 4.57. The molecule has 1 aliphatic heterocycles. The lowest BCUT2D eigenvalue weighted by atomic mass is 9.98. The number of hydrogen-bond donors (Lipinski definition) is 0. The summed E-state index contributed by atoms with van der Waals surface area (Å²) in [6.45, 7) is 4.79. The molecule has 94 valence electrons. The van der Waals surface area contributed by atoms with E-state index >= 15 is 0 Å². The first-order valence-corrected chi connectivity index (χ1v) is 5.87. The number of Topliss-reactive ketones (excluding diaryl/α,β-unsaturated/α-hetero) is 1. The van der Waals surface area contributed by atoms with E-state index in [-0.39, 0.29) is 5.92 Å². The molecule has 1 aliphatic rings. The summed E-state index contributed by atoms with van der Waals surface area (Å²) in [5, 5.41) is 3.99. The highest BCUT2D eigenvalue weighted by molar-refractivity contribution is 5.81. The highest BCUT2D eigenvalue weighted by Gasteiger charge is 2.23. The minimum atomic E-state index is 0.133. The van der Waals surface area contributed by atoms with E-state index in [0.717, 1.165) is 31.1 Å². The number of nitrogens with zero attached hydrogens (tertiary/aromatic N) is 2. The minimum Gasteiger partial charge on any atom is -0.377 e. The Morgan fingerprint density at radius 1 is 1.65 bits per heavy atom. The normalized spacial score (nSPS) is 22.0. The molecule has 0 N–H and O–H groups in total. The van der Waals surface area contributed by atoms with Crippen LogP contribution in [0.15, 0.2) is 10.6 Å². The van der Waals surface area contributed by atoms with Gasteiger partial charge in [-0.1, -0.05) is 12.1 Å². The number of carbonyl (C=O) groups is 1. The van der Waals surface area contributed by atoms with Gasteiger partial charge in [0.2, 0.25) is 0 Å². The molecule has 0 bridgehead atoms. The van der Waals surface area contributed by atoms with Gasteiger partial charge in [-0.3, -0.25) is 9.69 Å². The van der Waals surface area contributed by atoms with E-state index in [1.165, 1.54) is 0 Å². The van der Waals surface area contributed by atoms with Crippen LogP contribution in [-0.4, -0.2) is 36.0 Å². The Bertz CT molecular complexity index is 389. The van der Waals surface area contributed by atoms with E-state index in [1.807, 2.05) is 13.0 Å². The maximum absolute atomic E-state index is 11.4. The second-order valence-corrected chi connectivity index (χ2v) is 4.57. The van der Waals surface area contributed by atoms with Crippen molar-refractivity contribution in [1.29, 1.82) is 0 Å². The molecule has 0 saturated carbocycles. The third-order valence-electron chi connectivity index (χ3n) is 3.04. The van der Waals surface area contributed by atoms with Crippen LogP contribution in [0.2, 0.25) is 0 Å². The fourth-order valence-corrected chi connectivity index (χ4v) is 2.11. The molecule has 2 rings (SSSR count). The van der Waals surface area contributed by atoms with Gasteiger partial charge in [-0.25, -0.2) is 0 Å². The fourth-order valence-electron chi connectivity index (χ4n) is 2.11. The zero-order valence-electron chi connectivity index (χ0n) is 10.3. The lowest BCUT2D eigenvalue weighted by molar-refractivity contribution is -0.125. The number of hydrogen-bond acceptors (Lipinski definition) is 5. The van der Waals surface area contributed by atoms with E-state index in [2.05, 4.69) is 10.1 Å². The molecule has 0 radical (unpaired) electrons.